The third kappa shape index (κ3) is 43.8. The highest BCUT2D eigenvalue weighted by Crippen LogP contribution is 2.43. The van der Waals surface area contributed by atoms with Gasteiger partial charge in [0, 0.05) is 19.4 Å². The first kappa shape index (κ1) is 55.4. The molecule has 3 N–H and O–H groups in total. The summed E-state index contributed by atoms with van der Waals surface area (Å²) in [5.41, 5.74) is 5.34. The summed E-state index contributed by atoms with van der Waals surface area (Å²) in [5.74, 6) is -0.977. The van der Waals surface area contributed by atoms with Crippen LogP contribution in [-0.2, 0) is 32.7 Å². The highest BCUT2D eigenvalue weighted by molar-refractivity contribution is 7.47. The Balaban J connectivity index is 4.37. The Morgan fingerprint density at radius 3 is 1.42 bits per heavy atom. The van der Waals surface area contributed by atoms with Crippen molar-refractivity contribution in [2.75, 3.05) is 26.4 Å². The van der Waals surface area contributed by atoms with Gasteiger partial charge in [0.25, 0.3) is 0 Å². The molecule has 0 heterocycles. The number of hydrogen-bond acceptors (Lipinski definition) is 8. The molecule has 59 heavy (non-hydrogen) atoms. The minimum atomic E-state index is -4.42. The lowest BCUT2D eigenvalue weighted by Crippen LogP contribution is -2.29. The average Bonchev–Trinajstić information content (AvgIpc) is 3.22. The lowest BCUT2D eigenvalue weighted by Gasteiger charge is -2.19. The first-order chi connectivity index (χ1) is 28.8. The number of unbranched alkanes of at least 4 members (excludes halogenated alkanes) is 6. The number of phosphoric acid groups is 1. The van der Waals surface area contributed by atoms with Crippen molar-refractivity contribution in [3.05, 3.63) is 122 Å². The minimum absolute atomic E-state index is 0.0299. The van der Waals surface area contributed by atoms with Crippen LogP contribution in [0.15, 0.2) is 122 Å². The Bertz CT molecular complexity index is 1370. The van der Waals surface area contributed by atoms with E-state index in [1.54, 1.807) is 0 Å². The van der Waals surface area contributed by atoms with Gasteiger partial charge in [0.15, 0.2) is 6.10 Å². The van der Waals surface area contributed by atoms with Crippen LogP contribution in [-0.4, -0.2) is 49.3 Å². The molecule has 0 aliphatic carbocycles. The molecule has 0 aromatic carbocycles. The summed E-state index contributed by atoms with van der Waals surface area (Å²) in [5, 5.41) is 0. The van der Waals surface area contributed by atoms with Crippen LogP contribution >= 0.6 is 7.82 Å². The molecule has 0 fully saturated rings. The number of phosphoric ester groups is 1. The third-order valence-corrected chi connectivity index (χ3v) is 9.33. The molecule has 0 rings (SSSR count). The maximum Gasteiger partial charge on any atom is 0.472 e. The van der Waals surface area contributed by atoms with Crippen molar-refractivity contribution in [3.63, 3.8) is 0 Å². The summed E-state index contributed by atoms with van der Waals surface area (Å²) in [6, 6.07) is 0. The van der Waals surface area contributed by atoms with Crippen molar-refractivity contribution in [1.82, 2.24) is 0 Å². The predicted octanol–water partition coefficient (Wildman–Crippen LogP) is 12.9. The molecule has 0 aromatic rings. The number of hydrogen-bond donors (Lipinski definition) is 2. The van der Waals surface area contributed by atoms with Gasteiger partial charge in [0.1, 0.15) is 6.61 Å². The van der Waals surface area contributed by atoms with Gasteiger partial charge in [0.2, 0.25) is 0 Å². The fourth-order valence-corrected chi connectivity index (χ4v) is 5.88. The van der Waals surface area contributed by atoms with Crippen LogP contribution in [0.3, 0.4) is 0 Å². The molecule has 9 nitrogen and oxygen atoms in total. The number of nitrogens with two attached hydrogens (primary N) is 1. The summed E-state index contributed by atoms with van der Waals surface area (Å²) in [7, 11) is -4.42. The Labute approximate surface area is 358 Å². The lowest BCUT2D eigenvalue weighted by molar-refractivity contribution is -0.161. The molecule has 0 saturated heterocycles. The van der Waals surface area contributed by atoms with Crippen molar-refractivity contribution < 1.29 is 37.6 Å². The molecule has 0 spiro atoms. The van der Waals surface area contributed by atoms with E-state index in [-0.39, 0.29) is 32.6 Å². The topological polar surface area (TPSA) is 134 Å². The zero-order valence-corrected chi connectivity index (χ0v) is 37.3. The largest absolute Gasteiger partial charge is 0.472 e. The summed E-state index contributed by atoms with van der Waals surface area (Å²) in [6.45, 7) is 3.43. The van der Waals surface area contributed by atoms with E-state index in [0.717, 1.165) is 77.0 Å². The molecule has 0 aliphatic heterocycles. The van der Waals surface area contributed by atoms with E-state index in [9.17, 15) is 19.0 Å². The Morgan fingerprint density at radius 2 is 0.966 bits per heavy atom. The highest BCUT2D eigenvalue weighted by atomic mass is 31.2. The zero-order valence-electron chi connectivity index (χ0n) is 36.4. The van der Waals surface area contributed by atoms with E-state index in [2.05, 4.69) is 123 Å². The standard InChI is InChI=1S/C49H78NO8P/c1-3-5-7-9-11-13-15-17-19-21-23-25-27-29-31-33-35-37-39-41-48(51)55-45-47(46-57-59(53,54)56-44-43-50)58-49(52)42-40-38-36-34-32-30-28-26-24-22-20-18-16-14-12-10-8-6-4-2/h5,7,11-14,17-20,23-26,29-32,36,38,47H,3-4,6,8-10,15-16,21-22,27-28,33-35,37,39-46,50H2,1-2H3,(H,53,54)/b7-5+,13-11+,14-12+,19-17+,20-18+,25-23+,26-24+,31-29+,32-30+,38-36+/t47-/m1/s1. The number of ether oxygens (including phenoxy) is 2. The summed E-state index contributed by atoms with van der Waals surface area (Å²) in [6.07, 6.45) is 59.6. The second-order valence-electron chi connectivity index (χ2n) is 13.8. The molecule has 10 heteroatoms. The van der Waals surface area contributed by atoms with Crippen LogP contribution in [0.4, 0.5) is 0 Å². The number of rotatable bonds is 39. The SMILES string of the molecule is CC/C=C/C/C=C/C/C=C/C/C=C/C/C=C/CCCCCC(=O)OC[C@H](COP(=O)(O)OCCN)OC(=O)CC/C=C/C/C=C/C/C=C/C/C=C/C/C=C/CCCCC. The molecular weight excluding hydrogens is 762 g/mol. The van der Waals surface area contributed by atoms with Gasteiger partial charge in [-0.15, -0.1) is 0 Å². The molecule has 0 radical (unpaired) electrons. The van der Waals surface area contributed by atoms with Crippen molar-refractivity contribution in [1.29, 1.82) is 0 Å². The van der Waals surface area contributed by atoms with Crippen molar-refractivity contribution >= 4 is 19.8 Å². The minimum Gasteiger partial charge on any atom is -0.462 e. The maximum atomic E-state index is 12.6. The van der Waals surface area contributed by atoms with Gasteiger partial charge in [-0.25, -0.2) is 4.57 Å². The van der Waals surface area contributed by atoms with E-state index in [4.69, 9.17) is 24.3 Å². The fraction of sp³-hybridized carbons (Fsp3) is 0.551. The first-order valence-electron chi connectivity index (χ1n) is 22.0. The number of esters is 2. The molecule has 0 bridgehead atoms. The number of carbonyl (C=O) groups excluding carboxylic acids is 2. The van der Waals surface area contributed by atoms with Gasteiger partial charge in [-0.2, -0.15) is 0 Å². The third-order valence-electron chi connectivity index (χ3n) is 8.35. The van der Waals surface area contributed by atoms with E-state index in [1.807, 2.05) is 12.2 Å². The van der Waals surface area contributed by atoms with Gasteiger partial charge in [-0.05, 0) is 96.3 Å². The normalized spacial score (nSPS) is 14.4. The van der Waals surface area contributed by atoms with Crippen LogP contribution in [0.1, 0.15) is 142 Å². The van der Waals surface area contributed by atoms with Crippen molar-refractivity contribution in [3.8, 4) is 0 Å². The fourth-order valence-electron chi connectivity index (χ4n) is 5.11. The first-order valence-corrected chi connectivity index (χ1v) is 23.5. The second-order valence-corrected chi connectivity index (χ2v) is 15.3. The molecule has 0 aromatic heterocycles. The van der Waals surface area contributed by atoms with Crippen molar-refractivity contribution in [2.45, 2.75) is 148 Å². The smallest absolute Gasteiger partial charge is 0.462 e. The maximum absolute atomic E-state index is 12.6. The Hall–Kier alpha value is -3.59. The highest BCUT2D eigenvalue weighted by Gasteiger charge is 2.25. The van der Waals surface area contributed by atoms with Gasteiger partial charge in [-0.3, -0.25) is 18.6 Å². The van der Waals surface area contributed by atoms with Crippen LogP contribution < -0.4 is 5.73 Å². The van der Waals surface area contributed by atoms with Gasteiger partial charge in [0.05, 0.1) is 13.2 Å². The zero-order chi connectivity index (χ0) is 43.2. The molecular formula is C49H78NO8P. The molecule has 1 unspecified atom stereocenters. The van der Waals surface area contributed by atoms with Crippen LogP contribution in [0.5, 0.6) is 0 Å². The van der Waals surface area contributed by atoms with E-state index >= 15 is 0 Å². The predicted molar refractivity (Wildman–Crippen MR) is 247 cm³/mol. The van der Waals surface area contributed by atoms with Crippen LogP contribution in [0, 0.1) is 0 Å². The number of allylic oxidation sites excluding steroid dienone is 20. The monoisotopic (exact) mass is 840 g/mol. The molecule has 332 valence electrons. The molecule has 0 amide bonds. The van der Waals surface area contributed by atoms with Crippen LogP contribution in [0.25, 0.3) is 0 Å². The summed E-state index contributed by atoms with van der Waals surface area (Å²) >= 11 is 0. The quantitative estimate of drug-likeness (QED) is 0.0268. The van der Waals surface area contributed by atoms with E-state index in [1.165, 1.54) is 25.7 Å². The average molecular weight is 840 g/mol. The molecule has 0 saturated carbocycles. The van der Waals surface area contributed by atoms with Gasteiger partial charge < -0.3 is 20.1 Å². The second kappa shape index (κ2) is 44.0. The van der Waals surface area contributed by atoms with Gasteiger partial charge >= 0.3 is 19.8 Å². The van der Waals surface area contributed by atoms with E-state index < -0.39 is 32.5 Å². The Kier molecular flexibility index (Phi) is 41.3. The molecule has 0 aliphatic rings. The van der Waals surface area contributed by atoms with Crippen LogP contribution in [0.2, 0.25) is 0 Å². The molecule has 2 atom stereocenters. The van der Waals surface area contributed by atoms with E-state index in [0.29, 0.717) is 12.8 Å². The number of carbonyl (C=O) groups is 2. The lowest BCUT2D eigenvalue weighted by atomic mass is 10.1. The van der Waals surface area contributed by atoms with Gasteiger partial charge in [-0.1, -0.05) is 155 Å². The van der Waals surface area contributed by atoms with Crippen molar-refractivity contribution in [2.24, 2.45) is 5.73 Å². The Morgan fingerprint density at radius 1 is 0.525 bits per heavy atom. The summed E-state index contributed by atoms with van der Waals surface area (Å²) < 4.78 is 32.7. The summed E-state index contributed by atoms with van der Waals surface area (Å²) in [4.78, 5) is 34.9.